The van der Waals surface area contributed by atoms with Crippen molar-refractivity contribution in [1.82, 2.24) is 19.7 Å². The number of ether oxygens (including phenoxy) is 3. The van der Waals surface area contributed by atoms with Crippen molar-refractivity contribution in [2.45, 2.75) is 39.5 Å². The van der Waals surface area contributed by atoms with Crippen LogP contribution in [0.15, 0.2) is 49.1 Å². The van der Waals surface area contributed by atoms with Gasteiger partial charge < -0.3 is 19.3 Å². The highest BCUT2D eigenvalue weighted by Crippen LogP contribution is 2.25. The predicted octanol–water partition coefficient (Wildman–Crippen LogP) is 2.92. The summed E-state index contributed by atoms with van der Waals surface area (Å²) in [4.78, 5) is 6.15. The number of hydrogen-bond acceptors (Lipinski definition) is 7. The van der Waals surface area contributed by atoms with Crippen molar-refractivity contribution in [3.8, 4) is 11.5 Å². The summed E-state index contributed by atoms with van der Waals surface area (Å²) in [6.45, 7) is 10.2. The summed E-state index contributed by atoms with van der Waals surface area (Å²) in [6, 6.07) is 12.2. The summed E-state index contributed by atoms with van der Waals surface area (Å²) >= 11 is 0. The second kappa shape index (κ2) is 11.0. The van der Waals surface area contributed by atoms with Gasteiger partial charge in [-0.25, -0.2) is 9.67 Å². The maximum atomic E-state index is 11.3. The molecule has 0 bridgehead atoms. The van der Waals surface area contributed by atoms with Crippen LogP contribution in [0.1, 0.15) is 22.3 Å². The molecule has 8 nitrogen and oxygen atoms in total. The maximum Gasteiger partial charge on any atom is 0.137 e. The van der Waals surface area contributed by atoms with Gasteiger partial charge in [0.05, 0.1) is 19.8 Å². The van der Waals surface area contributed by atoms with E-state index in [9.17, 15) is 5.11 Å². The van der Waals surface area contributed by atoms with Gasteiger partial charge in [0.1, 0.15) is 43.0 Å². The fourth-order valence-corrected chi connectivity index (χ4v) is 4.18. The topological polar surface area (TPSA) is 81.9 Å². The quantitative estimate of drug-likeness (QED) is 0.519. The minimum Gasteiger partial charge on any atom is -0.492 e. The molecule has 0 saturated carbocycles. The summed E-state index contributed by atoms with van der Waals surface area (Å²) in [7, 11) is 0. The molecule has 0 spiro atoms. The van der Waals surface area contributed by atoms with E-state index in [0.717, 1.165) is 34.7 Å². The van der Waals surface area contributed by atoms with Gasteiger partial charge in [0.2, 0.25) is 0 Å². The van der Waals surface area contributed by atoms with E-state index in [1.165, 1.54) is 11.9 Å². The van der Waals surface area contributed by atoms with E-state index in [1.807, 2.05) is 31.2 Å². The van der Waals surface area contributed by atoms with Crippen molar-refractivity contribution in [2.24, 2.45) is 0 Å². The van der Waals surface area contributed by atoms with Gasteiger partial charge in [0, 0.05) is 19.6 Å². The van der Waals surface area contributed by atoms with Crippen molar-refractivity contribution in [1.29, 1.82) is 0 Å². The second-order valence-corrected chi connectivity index (χ2v) is 9.14. The molecule has 0 radical (unpaired) electrons. The Balaban J connectivity index is 1.35. The first-order chi connectivity index (χ1) is 16.4. The predicted molar refractivity (Wildman–Crippen MR) is 129 cm³/mol. The van der Waals surface area contributed by atoms with Crippen LogP contribution in [0.4, 0.5) is 0 Å². The highest BCUT2D eigenvalue weighted by Gasteiger charge is 2.33. The lowest BCUT2D eigenvalue weighted by atomic mass is 10.0. The van der Waals surface area contributed by atoms with Crippen molar-refractivity contribution in [2.75, 3.05) is 39.5 Å². The van der Waals surface area contributed by atoms with Crippen LogP contribution in [0.25, 0.3) is 0 Å². The van der Waals surface area contributed by atoms with Gasteiger partial charge in [0.15, 0.2) is 0 Å². The number of aryl methyl sites for hydroxylation is 2. The summed E-state index contributed by atoms with van der Waals surface area (Å²) in [6.07, 6.45) is 3.19. The fraction of sp³-hybridized carbons (Fsp3) is 0.462. The Morgan fingerprint density at radius 1 is 1.15 bits per heavy atom. The summed E-state index contributed by atoms with van der Waals surface area (Å²) in [5, 5.41) is 15.4. The lowest BCUT2D eigenvalue weighted by molar-refractivity contribution is -0.0647. The molecule has 3 aromatic rings. The van der Waals surface area contributed by atoms with E-state index < -0.39 is 5.60 Å². The zero-order valence-corrected chi connectivity index (χ0v) is 20.2. The van der Waals surface area contributed by atoms with Gasteiger partial charge in [-0.15, -0.1) is 0 Å². The Morgan fingerprint density at radius 3 is 2.85 bits per heavy atom. The average molecular weight is 467 g/mol. The Morgan fingerprint density at radius 2 is 2.03 bits per heavy atom. The van der Waals surface area contributed by atoms with Gasteiger partial charge >= 0.3 is 0 Å². The smallest absolute Gasteiger partial charge is 0.137 e. The third kappa shape index (κ3) is 6.56. The van der Waals surface area contributed by atoms with Gasteiger partial charge in [-0.1, -0.05) is 18.2 Å². The molecule has 2 heterocycles. The molecule has 182 valence electrons. The normalized spacial score (nSPS) is 19.1. The van der Waals surface area contributed by atoms with Crippen molar-refractivity contribution in [3.05, 3.63) is 71.3 Å². The van der Waals surface area contributed by atoms with Crippen LogP contribution in [0.3, 0.4) is 0 Å². The molecule has 1 aliphatic rings. The molecule has 0 amide bonds. The van der Waals surface area contributed by atoms with Gasteiger partial charge in [-0.05, 0) is 61.2 Å². The Labute approximate surface area is 201 Å². The number of aromatic nitrogens is 3. The molecular weight excluding hydrogens is 432 g/mol. The maximum absolute atomic E-state index is 11.3. The molecule has 2 aromatic carbocycles. The van der Waals surface area contributed by atoms with Crippen LogP contribution < -0.4 is 9.47 Å². The van der Waals surface area contributed by atoms with Gasteiger partial charge in [0.25, 0.3) is 0 Å². The van der Waals surface area contributed by atoms with Crippen molar-refractivity contribution >= 4 is 0 Å². The monoisotopic (exact) mass is 466 g/mol. The number of hydrogen-bond donors (Lipinski definition) is 1. The first kappa shape index (κ1) is 24.2. The van der Waals surface area contributed by atoms with Gasteiger partial charge in [-0.2, -0.15) is 5.10 Å². The number of rotatable bonds is 9. The first-order valence-corrected chi connectivity index (χ1v) is 11.7. The van der Waals surface area contributed by atoms with Crippen molar-refractivity contribution in [3.63, 3.8) is 0 Å². The Kier molecular flexibility index (Phi) is 7.82. The van der Waals surface area contributed by atoms with E-state index in [0.29, 0.717) is 32.8 Å². The molecule has 1 aliphatic heterocycles. The number of nitrogens with zero attached hydrogens (tertiary/aromatic N) is 4. The van der Waals surface area contributed by atoms with Crippen LogP contribution in [0, 0.1) is 20.8 Å². The summed E-state index contributed by atoms with van der Waals surface area (Å²) in [5.41, 5.74) is 3.46. The fourth-order valence-electron chi connectivity index (χ4n) is 4.18. The lowest BCUT2D eigenvalue weighted by Crippen LogP contribution is -2.48. The highest BCUT2D eigenvalue weighted by atomic mass is 16.5. The SMILES string of the molecule is Cc1cc(C)c(C)c(OC[C@@]2(O)COCCN(Cc3cccc(OCCn4cncn4)c3)C2)c1. The average Bonchev–Trinajstić information content (AvgIpc) is 3.25. The molecule has 1 atom stereocenters. The minimum atomic E-state index is -1.09. The van der Waals surface area contributed by atoms with Crippen LogP contribution in [-0.2, 0) is 17.8 Å². The van der Waals surface area contributed by atoms with Crippen LogP contribution in [0.2, 0.25) is 0 Å². The molecule has 0 unspecified atom stereocenters. The van der Waals surface area contributed by atoms with E-state index in [4.69, 9.17) is 14.2 Å². The zero-order chi connectivity index (χ0) is 24.0. The zero-order valence-electron chi connectivity index (χ0n) is 20.2. The highest BCUT2D eigenvalue weighted by molar-refractivity contribution is 5.42. The van der Waals surface area contributed by atoms with Crippen LogP contribution >= 0.6 is 0 Å². The Bertz CT molecular complexity index is 1070. The number of benzene rings is 2. The molecule has 1 fully saturated rings. The van der Waals surface area contributed by atoms with E-state index in [2.05, 4.69) is 41.0 Å². The molecule has 1 N–H and O–H groups in total. The molecule has 8 heteroatoms. The largest absolute Gasteiger partial charge is 0.492 e. The van der Waals surface area contributed by atoms with E-state index in [1.54, 1.807) is 11.0 Å². The van der Waals surface area contributed by atoms with Crippen LogP contribution in [-0.4, -0.2) is 69.9 Å². The molecule has 1 aromatic heterocycles. The molecule has 34 heavy (non-hydrogen) atoms. The molecule has 0 aliphatic carbocycles. The first-order valence-electron chi connectivity index (χ1n) is 11.7. The van der Waals surface area contributed by atoms with E-state index >= 15 is 0 Å². The number of aliphatic hydroxyl groups is 1. The molecular formula is C26H34N4O4. The van der Waals surface area contributed by atoms with Gasteiger partial charge in [-0.3, -0.25) is 4.90 Å². The van der Waals surface area contributed by atoms with Crippen LogP contribution in [0.5, 0.6) is 11.5 Å². The third-order valence-electron chi connectivity index (χ3n) is 6.06. The standard InChI is InChI=1S/C26H34N4O4/c1-20-11-21(2)22(3)25(12-20)34-17-26(31)15-29(7-9-32-16-26)14-23-5-4-6-24(13-23)33-10-8-30-19-27-18-28-30/h4-6,11-13,18-19,31H,7-10,14-17H2,1-3H3/t26-/m0/s1. The second-order valence-electron chi connectivity index (χ2n) is 9.14. The molecule has 1 saturated heterocycles. The van der Waals surface area contributed by atoms with Crippen molar-refractivity contribution < 1.29 is 19.3 Å². The third-order valence-corrected chi connectivity index (χ3v) is 6.06. The lowest BCUT2D eigenvalue weighted by Gasteiger charge is -2.31. The van der Waals surface area contributed by atoms with E-state index in [-0.39, 0.29) is 13.2 Å². The number of β-amino-alcohol motifs (C(OH)–C–C–N with tert-alkyl or cyclic N) is 1. The molecule has 4 rings (SSSR count). The summed E-state index contributed by atoms with van der Waals surface area (Å²) in [5.74, 6) is 1.63. The Hall–Kier alpha value is -2.94. The summed E-state index contributed by atoms with van der Waals surface area (Å²) < 4.78 is 19.5. The minimum absolute atomic E-state index is 0.179.